The summed E-state index contributed by atoms with van der Waals surface area (Å²) in [6.45, 7) is 0. The van der Waals surface area contributed by atoms with Crippen LogP contribution < -0.4 is 5.32 Å². The Labute approximate surface area is 104 Å². The molecule has 1 aromatic carbocycles. The maximum Gasteiger partial charge on any atom is 0.339 e. The van der Waals surface area contributed by atoms with Gasteiger partial charge in [0.1, 0.15) is 0 Å². The number of carbonyl (C=O) groups is 2. The van der Waals surface area contributed by atoms with Crippen LogP contribution in [0.4, 0.5) is 5.69 Å². The summed E-state index contributed by atoms with van der Waals surface area (Å²) in [5, 5.41) is 11.4. The third-order valence-electron chi connectivity index (χ3n) is 1.99. The molecule has 0 atom stereocenters. The predicted octanol–water partition coefficient (Wildman–Crippen LogP) is 1.80. The van der Waals surface area contributed by atoms with Crippen molar-refractivity contribution < 1.29 is 19.4 Å². The van der Waals surface area contributed by atoms with Crippen LogP contribution >= 0.6 is 0 Å². The van der Waals surface area contributed by atoms with Gasteiger partial charge in [0.05, 0.1) is 12.7 Å². The molecule has 0 saturated carbocycles. The Balaban J connectivity index is 2.83. The topological polar surface area (TPSA) is 75.6 Å². The van der Waals surface area contributed by atoms with Crippen molar-refractivity contribution in [2.75, 3.05) is 12.4 Å². The number of nitrogens with one attached hydrogen (secondary N) is 1. The van der Waals surface area contributed by atoms with E-state index in [2.05, 4.69) is 10.1 Å². The molecular weight excluding hydrogens is 234 g/mol. The van der Waals surface area contributed by atoms with Gasteiger partial charge in [0.2, 0.25) is 0 Å². The summed E-state index contributed by atoms with van der Waals surface area (Å²) in [6, 6.07) is 9.15. The Morgan fingerprint density at radius 3 is 2.44 bits per heavy atom. The summed E-state index contributed by atoms with van der Waals surface area (Å²) in [7, 11) is 1.23. The second-order valence-electron chi connectivity index (χ2n) is 3.27. The van der Waals surface area contributed by atoms with Crippen molar-refractivity contribution in [2.45, 2.75) is 0 Å². The van der Waals surface area contributed by atoms with Crippen molar-refractivity contribution in [1.29, 1.82) is 0 Å². The van der Waals surface area contributed by atoms with Gasteiger partial charge < -0.3 is 15.2 Å². The van der Waals surface area contributed by atoms with Gasteiger partial charge in [-0.25, -0.2) is 9.59 Å². The van der Waals surface area contributed by atoms with Crippen LogP contribution in [0.3, 0.4) is 0 Å². The molecule has 0 radical (unpaired) electrons. The molecule has 0 aliphatic heterocycles. The van der Waals surface area contributed by atoms with E-state index in [0.717, 1.165) is 11.8 Å². The summed E-state index contributed by atoms with van der Waals surface area (Å²) in [6.07, 6.45) is 3.43. The van der Waals surface area contributed by atoms with E-state index in [-0.39, 0.29) is 5.57 Å². The number of carboxylic acids is 1. The van der Waals surface area contributed by atoms with Gasteiger partial charge in [0, 0.05) is 18.0 Å². The van der Waals surface area contributed by atoms with Gasteiger partial charge in [-0.3, -0.25) is 0 Å². The number of esters is 1. The lowest BCUT2D eigenvalue weighted by molar-refractivity contribution is -0.135. The molecule has 0 heterocycles. The van der Waals surface area contributed by atoms with E-state index in [0.29, 0.717) is 0 Å². The first-order valence-corrected chi connectivity index (χ1v) is 5.14. The number of anilines is 1. The molecule has 0 aliphatic rings. The van der Waals surface area contributed by atoms with Gasteiger partial charge in [-0.15, -0.1) is 0 Å². The molecule has 0 aliphatic carbocycles. The molecule has 94 valence electrons. The van der Waals surface area contributed by atoms with Crippen LogP contribution in [-0.4, -0.2) is 24.2 Å². The van der Waals surface area contributed by atoms with Gasteiger partial charge in [-0.1, -0.05) is 18.2 Å². The lowest BCUT2D eigenvalue weighted by Gasteiger charge is -2.03. The Kier molecular flexibility index (Phi) is 5.18. The number of hydrogen-bond acceptors (Lipinski definition) is 4. The molecular formula is C13H13NO4. The quantitative estimate of drug-likeness (QED) is 0.471. The third kappa shape index (κ3) is 4.52. The highest BCUT2D eigenvalue weighted by Gasteiger charge is 2.06. The average Bonchev–Trinajstić information content (AvgIpc) is 2.39. The van der Waals surface area contributed by atoms with Crippen molar-refractivity contribution in [3.8, 4) is 0 Å². The van der Waals surface area contributed by atoms with Crippen LogP contribution in [0, 0.1) is 0 Å². The lowest BCUT2D eigenvalue weighted by Crippen LogP contribution is -2.05. The summed E-state index contributed by atoms with van der Waals surface area (Å²) in [5.41, 5.74) is 0.895. The predicted molar refractivity (Wildman–Crippen MR) is 66.9 cm³/mol. The Hall–Kier alpha value is -2.56. The highest BCUT2D eigenvalue weighted by atomic mass is 16.5. The number of ether oxygens (including phenoxy) is 1. The fourth-order valence-electron chi connectivity index (χ4n) is 1.15. The van der Waals surface area contributed by atoms with E-state index in [1.807, 2.05) is 30.3 Å². The van der Waals surface area contributed by atoms with Crippen LogP contribution in [0.1, 0.15) is 0 Å². The molecule has 0 fully saturated rings. The molecule has 5 heteroatoms. The highest BCUT2D eigenvalue weighted by Crippen LogP contribution is 2.07. The van der Waals surface area contributed by atoms with E-state index in [1.165, 1.54) is 19.4 Å². The SMILES string of the molecule is COC(=O)C(/C=C/C(=O)O)=C/Nc1ccccc1. The minimum absolute atomic E-state index is 0.115. The number of para-hydroxylation sites is 1. The fourth-order valence-corrected chi connectivity index (χ4v) is 1.15. The first-order valence-electron chi connectivity index (χ1n) is 5.14. The number of aliphatic carboxylic acids is 1. The van der Waals surface area contributed by atoms with E-state index in [9.17, 15) is 9.59 Å². The smallest absolute Gasteiger partial charge is 0.339 e. The second kappa shape index (κ2) is 6.90. The maximum atomic E-state index is 11.4. The summed E-state index contributed by atoms with van der Waals surface area (Å²) >= 11 is 0. The number of carbonyl (C=O) groups excluding carboxylic acids is 1. The zero-order chi connectivity index (χ0) is 13.4. The molecule has 1 rings (SSSR count). The monoisotopic (exact) mass is 247 g/mol. The van der Waals surface area contributed by atoms with Crippen molar-refractivity contribution in [2.24, 2.45) is 0 Å². The van der Waals surface area contributed by atoms with Crippen molar-refractivity contribution in [3.63, 3.8) is 0 Å². The van der Waals surface area contributed by atoms with Crippen LogP contribution in [0.25, 0.3) is 0 Å². The summed E-state index contributed by atoms with van der Waals surface area (Å²) in [5.74, 6) is -1.75. The number of benzene rings is 1. The number of rotatable bonds is 5. The molecule has 0 amide bonds. The van der Waals surface area contributed by atoms with Crippen LogP contribution in [-0.2, 0) is 14.3 Å². The van der Waals surface area contributed by atoms with E-state index in [1.54, 1.807) is 0 Å². The van der Waals surface area contributed by atoms with Gasteiger partial charge in [-0.2, -0.15) is 0 Å². The van der Waals surface area contributed by atoms with Crippen LogP contribution in [0.5, 0.6) is 0 Å². The highest BCUT2D eigenvalue weighted by molar-refractivity contribution is 5.94. The molecule has 0 spiro atoms. The number of hydrogen-bond donors (Lipinski definition) is 2. The fraction of sp³-hybridized carbons (Fsp3) is 0.0769. The van der Waals surface area contributed by atoms with E-state index in [4.69, 9.17) is 5.11 Å². The molecule has 1 aromatic rings. The Morgan fingerprint density at radius 2 is 1.89 bits per heavy atom. The molecule has 5 nitrogen and oxygen atoms in total. The zero-order valence-electron chi connectivity index (χ0n) is 9.79. The van der Waals surface area contributed by atoms with Gasteiger partial charge >= 0.3 is 11.9 Å². The summed E-state index contributed by atoms with van der Waals surface area (Å²) < 4.78 is 4.54. The van der Waals surface area contributed by atoms with Crippen LogP contribution in [0.15, 0.2) is 54.3 Å². The van der Waals surface area contributed by atoms with E-state index < -0.39 is 11.9 Å². The molecule has 0 bridgehead atoms. The van der Waals surface area contributed by atoms with Crippen LogP contribution in [0.2, 0.25) is 0 Å². The number of methoxy groups -OCH3 is 1. The van der Waals surface area contributed by atoms with Crippen molar-refractivity contribution >= 4 is 17.6 Å². The first-order chi connectivity index (χ1) is 8.63. The zero-order valence-corrected chi connectivity index (χ0v) is 9.79. The lowest BCUT2D eigenvalue weighted by atomic mass is 10.2. The molecule has 18 heavy (non-hydrogen) atoms. The van der Waals surface area contributed by atoms with Gasteiger partial charge in [0.25, 0.3) is 0 Å². The molecule has 0 saturated heterocycles. The van der Waals surface area contributed by atoms with Crippen molar-refractivity contribution in [3.05, 3.63) is 54.3 Å². The maximum absolute atomic E-state index is 11.4. The summed E-state index contributed by atoms with van der Waals surface area (Å²) in [4.78, 5) is 21.8. The third-order valence-corrected chi connectivity index (χ3v) is 1.99. The average molecular weight is 247 g/mol. The molecule has 0 aromatic heterocycles. The first kappa shape index (κ1) is 13.5. The Morgan fingerprint density at radius 1 is 1.22 bits per heavy atom. The second-order valence-corrected chi connectivity index (χ2v) is 3.27. The van der Waals surface area contributed by atoms with Gasteiger partial charge in [0.15, 0.2) is 0 Å². The standard InChI is InChI=1S/C13H13NO4/c1-18-13(17)10(7-8-12(15)16)9-14-11-5-3-2-4-6-11/h2-9,14H,1H3,(H,15,16)/b8-7+,10-9+. The largest absolute Gasteiger partial charge is 0.478 e. The van der Waals surface area contributed by atoms with Gasteiger partial charge in [-0.05, 0) is 18.2 Å². The minimum Gasteiger partial charge on any atom is -0.478 e. The number of carboxylic acid groups (broad SMARTS) is 1. The van der Waals surface area contributed by atoms with E-state index >= 15 is 0 Å². The molecule has 0 unspecified atom stereocenters. The minimum atomic E-state index is -1.13. The Bertz CT molecular complexity index is 477. The van der Waals surface area contributed by atoms with Crippen molar-refractivity contribution in [1.82, 2.24) is 0 Å². The normalized spacial score (nSPS) is 11.3. The molecule has 2 N–H and O–H groups in total.